The largest absolute Gasteiger partial charge is 2.00 e. The Hall–Kier alpha value is -5.97. The molecule has 0 aliphatic heterocycles. The van der Waals surface area contributed by atoms with E-state index in [1.165, 1.54) is 85.6 Å². The second kappa shape index (κ2) is 19.9. The average molecular weight is 882 g/mol. The van der Waals surface area contributed by atoms with Gasteiger partial charge >= 0.3 is 33.0 Å². The van der Waals surface area contributed by atoms with E-state index < -0.39 is 33.3 Å². The first-order valence-corrected chi connectivity index (χ1v) is 14.6. The van der Waals surface area contributed by atoms with Crippen molar-refractivity contribution in [3.8, 4) is 11.5 Å². The van der Waals surface area contributed by atoms with Crippen LogP contribution in [0.25, 0.3) is 11.5 Å². The summed E-state index contributed by atoms with van der Waals surface area (Å²) in [5, 5.41) is 73.0. The van der Waals surface area contributed by atoms with Crippen LogP contribution in [0.4, 0.5) is 34.1 Å². The number of nitro groups is 2. The molecule has 18 nitrogen and oxygen atoms in total. The fraction of sp³-hybridized carbons (Fsp3) is 0.188. The van der Waals surface area contributed by atoms with Crippen molar-refractivity contribution in [2.45, 2.75) is 37.8 Å². The molecule has 0 aromatic heterocycles. The Kier molecular flexibility index (Phi) is 16.1. The van der Waals surface area contributed by atoms with Crippen molar-refractivity contribution in [3.63, 3.8) is 0 Å². The summed E-state index contributed by atoms with van der Waals surface area (Å²) in [5.74, 6) is -3.37. The van der Waals surface area contributed by atoms with Gasteiger partial charge in [0.1, 0.15) is 22.6 Å². The molecule has 2 unspecified atom stereocenters. The standard InChI is InChI=1S/2C13H9N3O5.C6H12N2.Pt/c2*17-12-7-9(4-5-11(12)13(18)19)15-14-8-2-1-3-10(6-8)16(20)21;7-5-3-1-2-4-6(5)8;/h2*1-7,17H,(H,18,19);5-8H,1-4H2;/q;;-2;+2. The van der Waals surface area contributed by atoms with Crippen molar-refractivity contribution in [2.24, 2.45) is 20.5 Å². The van der Waals surface area contributed by atoms with Crippen molar-refractivity contribution in [2.75, 3.05) is 0 Å². The Bertz CT molecular complexity index is 1790. The van der Waals surface area contributed by atoms with E-state index >= 15 is 0 Å². The number of benzene rings is 4. The number of aromatic carboxylic acids is 2. The maximum Gasteiger partial charge on any atom is 2.00 e. The molecule has 4 aromatic rings. The molecule has 1 aliphatic rings. The number of rotatable bonds is 8. The third kappa shape index (κ3) is 13.1. The van der Waals surface area contributed by atoms with E-state index in [9.17, 15) is 40.0 Å². The number of carbonyl (C=O) groups is 2. The molecule has 4 aromatic carbocycles. The van der Waals surface area contributed by atoms with Crippen LogP contribution in [0.15, 0.2) is 105 Å². The van der Waals surface area contributed by atoms with Crippen LogP contribution >= 0.6 is 0 Å². The van der Waals surface area contributed by atoms with Gasteiger partial charge in [0.15, 0.2) is 0 Å². The van der Waals surface area contributed by atoms with Gasteiger partial charge in [-0.05, 0) is 36.4 Å². The van der Waals surface area contributed by atoms with Crippen molar-refractivity contribution in [3.05, 3.63) is 128 Å². The number of azo groups is 2. The van der Waals surface area contributed by atoms with Gasteiger partial charge in [0, 0.05) is 36.4 Å². The molecule has 268 valence electrons. The Morgan fingerprint density at radius 3 is 1.22 bits per heavy atom. The quantitative estimate of drug-likeness (QED) is 0.0738. The molecule has 0 heterocycles. The third-order valence-corrected chi connectivity index (χ3v) is 6.83. The van der Waals surface area contributed by atoms with E-state index in [2.05, 4.69) is 20.5 Å². The first-order valence-electron chi connectivity index (χ1n) is 14.6. The number of non-ortho nitro benzene ring substituents is 2. The molecule has 19 heteroatoms. The van der Waals surface area contributed by atoms with Crippen LogP contribution in [-0.2, 0) is 21.1 Å². The summed E-state index contributed by atoms with van der Waals surface area (Å²) in [4.78, 5) is 41.6. The molecule has 1 fully saturated rings. The van der Waals surface area contributed by atoms with Gasteiger partial charge in [-0.15, -0.1) is 0 Å². The summed E-state index contributed by atoms with van der Waals surface area (Å²) in [7, 11) is 0. The fourth-order valence-electron chi connectivity index (χ4n) is 4.23. The molecule has 6 N–H and O–H groups in total. The molecule has 51 heavy (non-hydrogen) atoms. The van der Waals surface area contributed by atoms with Crippen LogP contribution in [0, 0.1) is 20.2 Å². The Balaban J connectivity index is 0.000000286. The minimum Gasteiger partial charge on any atom is -0.676 e. The Morgan fingerprint density at radius 2 is 0.941 bits per heavy atom. The number of nitrogens with one attached hydrogen (secondary N) is 2. The minimum absolute atomic E-state index is 0. The van der Waals surface area contributed by atoms with Crippen LogP contribution in [0.3, 0.4) is 0 Å². The molecular weight excluding hydrogens is 851 g/mol. The van der Waals surface area contributed by atoms with E-state index in [1.54, 1.807) is 0 Å². The van der Waals surface area contributed by atoms with Crippen molar-refractivity contribution < 1.29 is 60.9 Å². The number of aromatic hydroxyl groups is 2. The van der Waals surface area contributed by atoms with Crippen LogP contribution in [0.5, 0.6) is 11.5 Å². The van der Waals surface area contributed by atoms with Crippen LogP contribution < -0.4 is 0 Å². The third-order valence-electron chi connectivity index (χ3n) is 6.83. The molecule has 0 bridgehead atoms. The summed E-state index contributed by atoms with van der Waals surface area (Å²) < 4.78 is 0. The van der Waals surface area contributed by atoms with Gasteiger partial charge in [0.05, 0.1) is 32.6 Å². The maximum absolute atomic E-state index is 10.7. The molecule has 0 amide bonds. The van der Waals surface area contributed by atoms with Gasteiger partial charge in [0.2, 0.25) is 0 Å². The average Bonchev–Trinajstić information content (AvgIpc) is 3.08. The molecule has 0 radical (unpaired) electrons. The van der Waals surface area contributed by atoms with Crippen molar-refractivity contribution >= 4 is 46.1 Å². The van der Waals surface area contributed by atoms with E-state index in [4.69, 9.17) is 21.7 Å². The number of nitro benzene ring substituents is 2. The smallest absolute Gasteiger partial charge is 0.676 e. The van der Waals surface area contributed by atoms with E-state index in [-0.39, 0.29) is 78.4 Å². The summed E-state index contributed by atoms with van der Waals surface area (Å²) in [6, 6.07) is 18.4. The zero-order chi connectivity index (χ0) is 36.8. The monoisotopic (exact) mass is 881 g/mol. The molecular formula is C32H30N8O10Pt. The first-order chi connectivity index (χ1) is 23.7. The van der Waals surface area contributed by atoms with Gasteiger partial charge in [-0.2, -0.15) is 32.5 Å². The SMILES string of the molecule is O=C(O)c1ccc(N=Nc2cccc([N+](=O)[O-])c2)cc1O.O=C(O)c1ccc(N=Nc2cccc([N+](=O)[O-])c2)cc1O.[NH-]C1CCCCC1[NH-].[Pt+2]. The van der Waals surface area contributed by atoms with Gasteiger partial charge in [-0.3, -0.25) is 20.2 Å². The van der Waals surface area contributed by atoms with Crippen molar-refractivity contribution in [1.29, 1.82) is 0 Å². The Labute approximate surface area is 303 Å². The predicted octanol–water partition coefficient (Wildman–Crippen LogP) is 9.23. The minimum atomic E-state index is -1.25. The zero-order valence-electron chi connectivity index (χ0n) is 26.3. The van der Waals surface area contributed by atoms with Crippen LogP contribution in [0.1, 0.15) is 46.4 Å². The number of hydrogen-bond donors (Lipinski definition) is 4. The molecule has 5 rings (SSSR count). The summed E-state index contributed by atoms with van der Waals surface area (Å²) in [6.45, 7) is 0. The van der Waals surface area contributed by atoms with Crippen molar-refractivity contribution in [1.82, 2.24) is 0 Å². The Morgan fingerprint density at radius 1 is 0.608 bits per heavy atom. The van der Waals surface area contributed by atoms with Gasteiger partial charge in [0.25, 0.3) is 11.4 Å². The number of nitrogens with zero attached hydrogens (tertiary/aromatic N) is 6. The number of hydrogen-bond acceptors (Lipinski definition) is 12. The van der Waals surface area contributed by atoms with E-state index in [0.29, 0.717) is 0 Å². The summed E-state index contributed by atoms with van der Waals surface area (Å²) in [6.07, 6.45) is 4.25. The van der Waals surface area contributed by atoms with Crippen LogP contribution in [0.2, 0.25) is 0 Å². The normalized spacial score (nSPS) is 15.0. The second-order valence-corrected chi connectivity index (χ2v) is 10.5. The fourth-order valence-corrected chi connectivity index (χ4v) is 4.23. The number of phenols is 2. The molecule has 2 atom stereocenters. The van der Waals surface area contributed by atoms with E-state index in [0.717, 1.165) is 25.0 Å². The molecule has 1 saturated carbocycles. The van der Waals surface area contributed by atoms with Gasteiger partial charge in [-0.1, -0.05) is 37.8 Å². The predicted molar refractivity (Wildman–Crippen MR) is 179 cm³/mol. The summed E-state index contributed by atoms with van der Waals surface area (Å²) >= 11 is 0. The number of carboxylic acid groups (broad SMARTS) is 2. The number of carboxylic acids is 2. The molecule has 0 spiro atoms. The first kappa shape index (κ1) is 41.2. The molecule has 1 aliphatic carbocycles. The van der Waals surface area contributed by atoms with Gasteiger partial charge in [-0.25, -0.2) is 9.59 Å². The zero-order valence-corrected chi connectivity index (χ0v) is 28.6. The van der Waals surface area contributed by atoms with Crippen LogP contribution in [-0.4, -0.2) is 54.3 Å². The second-order valence-electron chi connectivity index (χ2n) is 10.5. The van der Waals surface area contributed by atoms with Gasteiger partial charge < -0.3 is 31.9 Å². The summed E-state index contributed by atoms with van der Waals surface area (Å²) in [5.41, 5.74) is 14.8. The topological polar surface area (TPSA) is 298 Å². The maximum atomic E-state index is 10.7. The molecule has 0 saturated heterocycles. The van der Waals surface area contributed by atoms with E-state index in [1.807, 2.05) is 0 Å².